The zero-order chi connectivity index (χ0) is 9.84. The summed E-state index contributed by atoms with van der Waals surface area (Å²) in [6, 6.07) is 3.22. The monoisotopic (exact) mass is 200 g/mol. The number of thiophene rings is 1. The van der Waals surface area contributed by atoms with Crippen molar-refractivity contribution in [3.8, 4) is 0 Å². The van der Waals surface area contributed by atoms with Gasteiger partial charge in [-0.05, 0) is 12.1 Å². The van der Waals surface area contributed by atoms with Gasteiger partial charge in [-0.2, -0.15) is 0 Å². The third kappa shape index (κ3) is 2.80. The average Bonchev–Trinajstić information content (AvgIpc) is 2.50. The van der Waals surface area contributed by atoms with Crippen molar-refractivity contribution in [3.05, 3.63) is 17.0 Å². The normalized spacial score (nSPS) is 12.5. The topological polar surface area (TPSA) is 75.4 Å². The molecule has 1 amide bonds. The lowest BCUT2D eigenvalue weighted by atomic mass is 10.3. The molecule has 0 fully saturated rings. The van der Waals surface area contributed by atoms with Crippen LogP contribution in [0.25, 0.3) is 0 Å². The minimum absolute atomic E-state index is 0.0833. The Morgan fingerprint density at radius 2 is 2.46 bits per heavy atom. The molecule has 1 atom stereocenters. The first-order valence-electron chi connectivity index (χ1n) is 3.87. The molecule has 1 aromatic rings. The summed E-state index contributed by atoms with van der Waals surface area (Å²) in [5.74, 6) is -0.106. The van der Waals surface area contributed by atoms with Crippen molar-refractivity contribution in [2.24, 2.45) is 5.73 Å². The largest absolute Gasteiger partial charge is 0.394 e. The molecule has 4 N–H and O–H groups in total. The van der Waals surface area contributed by atoms with E-state index in [-0.39, 0.29) is 18.6 Å². The number of carbonyl (C=O) groups excluding carboxylic acids is 1. The molecule has 0 aliphatic heterocycles. The average molecular weight is 200 g/mol. The molecule has 1 heterocycles. The Balaban J connectivity index is 2.68. The van der Waals surface area contributed by atoms with Crippen molar-refractivity contribution < 1.29 is 9.90 Å². The van der Waals surface area contributed by atoms with Gasteiger partial charge in [-0.25, -0.2) is 0 Å². The van der Waals surface area contributed by atoms with Crippen molar-refractivity contribution in [2.45, 2.75) is 13.0 Å². The molecule has 0 saturated heterocycles. The van der Waals surface area contributed by atoms with Crippen molar-refractivity contribution in [1.82, 2.24) is 0 Å². The summed E-state index contributed by atoms with van der Waals surface area (Å²) in [5.41, 5.74) is 5.59. The summed E-state index contributed by atoms with van der Waals surface area (Å²) >= 11 is 1.38. The Hall–Kier alpha value is -0.910. The second-order valence-corrected chi connectivity index (χ2v) is 3.79. The lowest BCUT2D eigenvalue weighted by Crippen LogP contribution is -2.12. The van der Waals surface area contributed by atoms with Crippen LogP contribution in [0.3, 0.4) is 0 Å². The van der Waals surface area contributed by atoms with Gasteiger partial charge in [-0.1, -0.05) is 0 Å². The number of aliphatic hydroxyl groups excluding tert-OH is 1. The first-order chi connectivity index (χ1) is 6.13. The second kappa shape index (κ2) is 4.36. The SMILES string of the molecule is CC(=O)Nc1ccc([C@H](N)CO)s1. The molecule has 13 heavy (non-hydrogen) atoms. The summed E-state index contributed by atoms with van der Waals surface area (Å²) in [6.07, 6.45) is 0. The fraction of sp³-hybridized carbons (Fsp3) is 0.375. The van der Waals surface area contributed by atoms with Gasteiger partial charge in [0.1, 0.15) is 0 Å². The molecule has 0 aliphatic rings. The van der Waals surface area contributed by atoms with Crippen molar-refractivity contribution in [1.29, 1.82) is 0 Å². The second-order valence-electron chi connectivity index (χ2n) is 2.67. The molecule has 0 unspecified atom stereocenters. The predicted octanol–water partition coefficient (Wildman–Crippen LogP) is 0.699. The van der Waals surface area contributed by atoms with E-state index in [1.165, 1.54) is 18.3 Å². The van der Waals surface area contributed by atoms with Crippen LogP contribution in [-0.4, -0.2) is 17.6 Å². The number of nitrogens with two attached hydrogens (primary N) is 1. The lowest BCUT2D eigenvalue weighted by Gasteiger charge is -2.03. The van der Waals surface area contributed by atoms with E-state index >= 15 is 0 Å². The minimum atomic E-state index is -0.354. The third-order valence-electron chi connectivity index (χ3n) is 1.49. The quantitative estimate of drug-likeness (QED) is 0.672. The first kappa shape index (κ1) is 10.2. The van der Waals surface area contributed by atoms with Crippen molar-refractivity contribution >= 4 is 22.2 Å². The Morgan fingerprint density at radius 3 is 3.00 bits per heavy atom. The molecule has 1 rings (SSSR count). The molecule has 0 aliphatic carbocycles. The molecule has 1 aromatic heterocycles. The number of hydrogen-bond donors (Lipinski definition) is 3. The molecule has 0 saturated carbocycles. The van der Waals surface area contributed by atoms with Crippen LogP contribution in [0.15, 0.2) is 12.1 Å². The fourth-order valence-corrected chi connectivity index (χ4v) is 1.83. The van der Waals surface area contributed by atoms with E-state index in [0.29, 0.717) is 0 Å². The van der Waals surface area contributed by atoms with Crippen molar-refractivity contribution in [2.75, 3.05) is 11.9 Å². The molecule has 0 spiro atoms. The Bertz CT molecular complexity index is 298. The van der Waals surface area contributed by atoms with Gasteiger partial charge in [0.25, 0.3) is 0 Å². The third-order valence-corrected chi connectivity index (χ3v) is 2.62. The van der Waals surface area contributed by atoms with E-state index in [9.17, 15) is 4.79 Å². The Labute approximate surface area is 80.4 Å². The highest BCUT2D eigenvalue weighted by atomic mass is 32.1. The predicted molar refractivity (Wildman–Crippen MR) is 52.6 cm³/mol. The zero-order valence-corrected chi connectivity index (χ0v) is 8.10. The molecular formula is C8H12N2O2S. The number of aliphatic hydroxyl groups is 1. The number of rotatable bonds is 3. The van der Waals surface area contributed by atoms with E-state index in [0.717, 1.165) is 9.88 Å². The highest BCUT2D eigenvalue weighted by Crippen LogP contribution is 2.25. The number of amides is 1. The smallest absolute Gasteiger partial charge is 0.221 e. The van der Waals surface area contributed by atoms with E-state index in [1.807, 2.05) is 0 Å². The van der Waals surface area contributed by atoms with Gasteiger partial charge in [0.2, 0.25) is 5.91 Å². The highest BCUT2D eigenvalue weighted by Gasteiger charge is 2.07. The van der Waals surface area contributed by atoms with Crippen LogP contribution in [0.1, 0.15) is 17.8 Å². The van der Waals surface area contributed by atoms with Crippen LogP contribution >= 0.6 is 11.3 Å². The van der Waals surface area contributed by atoms with Crippen LogP contribution in [0.2, 0.25) is 0 Å². The van der Waals surface area contributed by atoms with Gasteiger partial charge >= 0.3 is 0 Å². The minimum Gasteiger partial charge on any atom is -0.394 e. The number of hydrogen-bond acceptors (Lipinski definition) is 4. The van der Waals surface area contributed by atoms with E-state index in [2.05, 4.69) is 5.32 Å². The Kier molecular flexibility index (Phi) is 3.41. The summed E-state index contributed by atoms with van der Waals surface area (Å²) in [6.45, 7) is 1.37. The maximum Gasteiger partial charge on any atom is 0.221 e. The zero-order valence-electron chi connectivity index (χ0n) is 7.28. The Morgan fingerprint density at radius 1 is 1.77 bits per heavy atom. The molecule has 0 aromatic carbocycles. The molecule has 5 heteroatoms. The molecule has 72 valence electrons. The van der Waals surface area contributed by atoms with E-state index < -0.39 is 0 Å². The maximum absolute atomic E-state index is 10.7. The summed E-state index contributed by atoms with van der Waals surface area (Å²) in [4.78, 5) is 11.5. The summed E-state index contributed by atoms with van der Waals surface area (Å²) < 4.78 is 0. The highest BCUT2D eigenvalue weighted by molar-refractivity contribution is 7.16. The van der Waals surface area contributed by atoms with E-state index in [4.69, 9.17) is 10.8 Å². The number of anilines is 1. The van der Waals surface area contributed by atoms with Gasteiger partial charge in [-0.3, -0.25) is 4.79 Å². The van der Waals surface area contributed by atoms with Gasteiger partial charge < -0.3 is 16.2 Å². The van der Waals surface area contributed by atoms with Crippen LogP contribution in [0, 0.1) is 0 Å². The van der Waals surface area contributed by atoms with Gasteiger partial charge in [0.05, 0.1) is 17.6 Å². The van der Waals surface area contributed by atoms with Gasteiger partial charge in [0.15, 0.2) is 0 Å². The van der Waals surface area contributed by atoms with Crippen LogP contribution in [-0.2, 0) is 4.79 Å². The lowest BCUT2D eigenvalue weighted by molar-refractivity contribution is -0.114. The van der Waals surface area contributed by atoms with Crippen LogP contribution < -0.4 is 11.1 Å². The first-order valence-corrected chi connectivity index (χ1v) is 4.69. The van der Waals surface area contributed by atoms with Crippen LogP contribution in [0.4, 0.5) is 5.00 Å². The standard InChI is InChI=1S/C8H12N2O2S/c1-5(12)10-8-3-2-7(13-8)6(9)4-11/h2-3,6,11H,4,9H2,1H3,(H,10,12)/t6-/m1/s1. The van der Waals surface area contributed by atoms with Crippen LogP contribution in [0.5, 0.6) is 0 Å². The number of carbonyl (C=O) groups is 1. The molecule has 0 bridgehead atoms. The molecular weight excluding hydrogens is 188 g/mol. The maximum atomic E-state index is 10.7. The van der Waals surface area contributed by atoms with Gasteiger partial charge in [-0.15, -0.1) is 11.3 Å². The summed E-state index contributed by atoms with van der Waals surface area (Å²) in [5, 5.41) is 12.2. The molecule has 4 nitrogen and oxygen atoms in total. The van der Waals surface area contributed by atoms with Gasteiger partial charge in [0, 0.05) is 11.8 Å². The molecule has 0 radical (unpaired) electrons. The van der Waals surface area contributed by atoms with E-state index in [1.54, 1.807) is 12.1 Å². The summed E-state index contributed by atoms with van der Waals surface area (Å²) in [7, 11) is 0. The van der Waals surface area contributed by atoms with Crippen molar-refractivity contribution in [3.63, 3.8) is 0 Å². The fourth-order valence-electron chi connectivity index (χ4n) is 0.883. The number of nitrogens with one attached hydrogen (secondary N) is 1.